The molecule has 0 bridgehead atoms. The molecule has 1 rings (SSSR count). The third-order valence-corrected chi connectivity index (χ3v) is 3.35. The van der Waals surface area contributed by atoms with Crippen LogP contribution in [0.1, 0.15) is 56.3 Å². The van der Waals surface area contributed by atoms with E-state index in [1.165, 1.54) is 25.0 Å². The number of carbonyl (C=O) groups excluding carboxylic acids is 1. The van der Waals surface area contributed by atoms with Crippen LogP contribution in [0.25, 0.3) is 0 Å². The molecule has 4 heteroatoms. The fourth-order valence-electron chi connectivity index (χ4n) is 2.07. The highest BCUT2D eigenvalue weighted by molar-refractivity contribution is 5.96. The van der Waals surface area contributed by atoms with Gasteiger partial charge in [0, 0.05) is 24.6 Å². The van der Waals surface area contributed by atoms with Crippen molar-refractivity contribution in [3.05, 3.63) is 35.6 Å². The van der Waals surface area contributed by atoms with Gasteiger partial charge in [0.05, 0.1) is 0 Å². The summed E-state index contributed by atoms with van der Waals surface area (Å²) in [6.07, 6.45) is 5.14. The summed E-state index contributed by atoms with van der Waals surface area (Å²) in [6.45, 7) is 5.04. The van der Waals surface area contributed by atoms with Crippen LogP contribution in [0, 0.1) is 5.82 Å². The quantitative estimate of drug-likeness (QED) is 0.686. The molecular formula is C16H25ClFNO. The van der Waals surface area contributed by atoms with E-state index in [4.69, 9.17) is 0 Å². The molecule has 0 heterocycles. The van der Waals surface area contributed by atoms with E-state index in [2.05, 4.69) is 19.2 Å². The summed E-state index contributed by atoms with van der Waals surface area (Å²) in [6, 6.07) is 6.26. The van der Waals surface area contributed by atoms with Gasteiger partial charge in [0.2, 0.25) is 0 Å². The lowest BCUT2D eigenvalue weighted by molar-refractivity contribution is 0.0981. The van der Waals surface area contributed by atoms with E-state index < -0.39 is 0 Å². The van der Waals surface area contributed by atoms with E-state index in [1.54, 1.807) is 12.1 Å². The van der Waals surface area contributed by atoms with Crippen LogP contribution in [0.5, 0.6) is 0 Å². The number of unbranched alkanes of at least 4 members (excludes halogenated alkanes) is 1. The predicted molar refractivity (Wildman–Crippen MR) is 84.2 cm³/mol. The number of Topliss-reactive ketones (excluding diaryl/α,β-unsaturated/α-hetero) is 1. The van der Waals surface area contributed by atoms with Crippen LogP contribution < -0.4 is 5.32 Å². The lowest BCUT2D eigenvalue weighted by Crippen LogP contribution is -2.30. The van der Waals surface area contributed by atoms with Crippen LogP contribution in [0.2, 0.25) is 0 Å². The summed E-state index contributed by atoms with van der Waals surface area (Å²) in [7, 11) is 0. The molecule has 0 saturated heterocycles. The summed E-state index contributed by atoms with van der Waals surface area (Å²) in [5.41, 5.74) is 0.588. The second kappa shape index (κ2) is 10.8. The SMILES string of the molecule is CCCCC(CC)NCCC(=O)c1ccc(F)cc1.Cl. The van der Waals surface area contributed by atoms with Gasteiger partial charge in [0.15, 0.2) is 5.78 Å². The molecule has 0 aliphatic carbocycles. The number of hydrogen-bond acceptors (Lipinski definition) is 2. The Balaban J connectivity index is 0.00000361. The predicted octanol–water partition coefficient (Wildman–Crippen LogP) is 4.38. The van der Waals surface area contributed by atoms with Gasteiger partial charge in [-0.3, -0.25) is 4.79 Å². The molecule has 1 N–H and O–H groups in total. The topological polar surface area (TPSA) is 29.1 Å². The average Bonchev–Trinajstić information content (AvgIpc) is 2.43. The van der Waals surface area contributed by atoms with Gasteiger partial charge >= 0.3 is 0 Å². The molecule has 0 spiro atoms. The maximum atomic E-state index is 12.7. The molecule has 1 aromatic rings. The first-order valence-electron chi connectivity index (χ1n) is 7.19. The van der Waals surface area contributed by atoms with Gasteiger partial charge in [-0.1, -0.05) is 26.7 Å². The van der Waals surface area contributed by atoms with Crippen molar-refractivity contribution in [2.24, 2.45) is 0 Å². The first kappa shape index (κ1) is 19.1. The number of ketones is 1. The highest BCUT2D eigenvalue weighted by atomic mass is 35.5. The van der Waals surface area contributed by atoms with Gasteiger partial charge in [-0.25, -0.2) is 4.39 Å². The van der Waals surface area contributed by atoms with Gasteiger partial charge < -0.3 is 5.32 Å². The molecule has 0 aliphatic heterocycles. The molecule has 1 atom stereocenters. The Morgan fingerprint density at radius 2 is 1.90 bits per heavy atom. The monoisotopic (exact) mass is 301 g/mol. The van der Waals surface area contributed by atoms with Crippen molar-refractivity contribution in [1.82, 2.24) is 5.32 Å². The smallest absolute Gasteiger partial charge is 0.164 e. The van der Waals surface area contributed by atoms with Crippen molar-refractivity contribution in [1.29, 1.82) is 0 Å². The average molecular weight is 302 g/mol. The van der Waals surface area contributed by atoms with E-state index in [-0.39, 0.29) is 24.0 Å². The van der Waals surface area contributed by atoms with E-state index in [0.717, 1.165) is 12.8 Å². The number of carbonyl (C=O) groups is 1. The second-order valence-electron chi connectivity index (χ2n) is 4.88. The van der Waals surface area contributed by atoms with Crippen molar-refractivity contribution in [2.75, 3.05) is 6.54 Å². The molecule has 114 valence electrons. The molecule has 0 saturated carbocycles. The van der Waals surface area contributed by atoms with Crippen LogP contribution in [0.3, 0.4) is 0 Å². The Morgan fingerprint density at radius 1 is 1.25 bits per heavy atom. The molecule has 0 fully saturated rings. The Hall–Kier alpha value is -0.930. The summed E-state index contributed by atoms with van der Waals surface area (Å²) in [5.74, 6) is -0.238. The van der Waals surface area contributed by atoms with E-state index in [1.807, 2.05) is 0 Å². The molecule has 0 aromatic heterocycles. The molecule has 2 nitrogen and oxygen atoms in total. The number of rotatable bonds is 9. The minimum atomic E-state index is -0.305. The molecule has 20 heavy (non-hydrogen) atoms. The highest BCUT2D eigenvalue weighted by Crippen LogP contribution is 2.07. The summed E-state index contributed by atoms with van der Waals surface area (Å²) in [4.78, 5) is 11.9. The molecule has 0 radical (unpaired) electrons. The third kappa shape index (κ3) is 7.01. The fraction of sp³-hybridized carbons (Fsp3) is 0.562. The zero-order valence-corrected chi connectivity index (χ0v) is 13.1. The molecule has 0 aliphatic rings. The first-order valence-corrected chi connectivity index (χ1v) is 7.19. The maximum absolute atomic E-state index is 12.7. The van der Waals surface area contributed by atoms with E-state index >= 15 is 0 Å². The van der Waals surface area contributed by atoms with Crippen molar-refractivity contribution in [3.63, 3.8) is 0 Å². The van der Waals surface area contributed by atoms with Gasteiger partial charge in [-0.05, 0) is 37.1 Å². The van der Waals surface area contributed by atoms with Crippen LogP contribution in [0.4, 0.5) is 4.39 Å². The minimum absolute atomic E-state index is 0. The normalized spacial score (nSPS) is 11.8. The number of benzene rings is 1. The number of nitrogens with one attached hydrogen (secondary N) is 1. The van der Waals surface area contributed by atoms with Gasteiger partial charge in [0.1, 0.15) is 5.82 Å². The van der Waals surface area contributed by atoms with Gasteiger partial charge in [-0.15, -0.1) is 12.4 Å². The Bertz CT molecular complexity index is 381. The number of halogens is 2. The van der Waals surface area contributed by atoms with Crippen molar-refractivity contribution < 1.29 is 9.18 Å². The lowest BCUT2D eigenvalue weighted by Gasteiger charge is -2.16. The molecule has 1 unspecified atom stereocenters. The van der Waals surface area contributed by atoms with Crippen molar-refractivity contribution >= 4 is 18.2 Å². The van der Waals surface area contributed by atoms with E-state index in [0.29, 0.717) is 24.6 Å². The zero-order valence-electron chi connectivity index (χ0n) is 12.3. The van der Waals surface area contributed by atoms with Crippen LogP contribution in [0.15, 0.2) is 24.3 Å². The third-order valence-electron chi connectivity index (χ3n) is 3.35. The zero-order chi connectivity index (χ0) is 14.1. The molecule has 1 aromatic carbocycles. The maximum Gasteiger partial charge on any atom is 0.164 e. The Labute approximate surface area is 127 Å². The Kier molecular flexibility index (Phi) is 10.3. The summed E-state index contributed by atoms with van der Waals surface area (Å²) >= 11 is 0. The van der Waals surface area contributed by atoms with Crippen LogP contribution in [-0.2, 0) is 0 Å². The van der Waals surface area contributed by atoms with Gasteiger partial charge in [-0.2, -0.15) is 0 Å². The van der Waals surface area contributed by atoms with E-state index in [9.17, 15) is 9.18 Å². The number of hydrogen-bond donors (Lipinski definition) is 1. The highest BCUT2D eigenvalue weighted by Gasteiger charge is 2.08. The standard InChI is InChI=1S/C16H24FNO.ClH/c1-3-5-6-15(4-2)18-12-11-16(19)13-7-9-14(17)10-8-13;/h7-10,15,18H,3-6,11-12H2,1-2H3;1H. The van der Waals surface area contributed by atoms with Crippen LogP contribution >= 0.6 is 12.4 Å². The van der Waals surface area contributed by atoms with Crippen molar-refractivity contribution in [2.45, 2.75) is 52.0 Å². The first-order chi connectivity index (χ1) is 9.17. The molecular weight excluding hydrogens is 277 g/mol. The van der Waals surface area contributed by atoms with Crippen molar-refractivity contribution in [3.8, 4) is 0 Å². The van der Waals surface area contributed by atoms with Crippen LogP contribution in [-0.4, -0.2) is 18.4 Å². The fourth-order valence-corrected chi connectivity index (χ4v) is 2.07. The largest absolute Gasteiger partial charge is 0.314 e. The second-order valence-corrected chi connectivity index (χ2v) is 4.88. The van der Waals surface area contributed by atoms with Gasteiger partial charge in [0.25, 0.3) is 0 Å². The lowest BCUT2D eigenvalue weighted by atomic mass is 10.1. The Morgan fingerprint density at radius 3 is 2.45 bits per heavy atom. The molecule has 0 amide bonds. The summed E-state index contributed by atoms with van der Waals surface area (Å²) < 4.78 is 12.7. The summed E-state index contributed by atoms with van der Waals surface area (Å²) in [5, 5.41) is 3.42. The minimum Gasteiger partial charge on any atom is -0.314 e.